The van der Waals surface area contributed by atoms with Gasteiger partial charge in [0.15, 0.2) is 0 Å². The second kappa shape index (κ2) is 4.57. The van der Waals surface area contributed by atoms with Gasteiger partial charge in [-0.1, -0.05) is 12.1 Å². The van der Waals surface area contributed by atoms with Crippen molar-refractivity contribution in [2.24, 2.45) is 0 Å². The number of aromatic nitrogens is 1. The first-order valence-corrected chi connectivity index (χ1v) is 5.90. The Hall–Kier alpha value is -2.62. The molecular weight excluding hydrogens is 241 g/mol. The van der Waals surface area contributed by atoms with Gasteiger partial charge in [0.05, 0.1) is 11.2 Å². The van der Waals surface area contributed by atoms with Crippen molar-refractivity contribution in [1.29, 1.82) is 0 Å². The molecule has 3 nitrogen and oxygen atoms in total. The van der Waals surface area contributed by atoms with Crippen molar-refractivity contribution in [2.45, 2.75) is 0 Å². The van der Waals surface area contributed by atoms with E-state index in [0.29, 0.717) is 17.2 Å². The number of hydrogen-bond donors (Lipinski definition) is 2. The first-order valence-electron chi connectivity index (χ1n) is 5.90. The first-order chi connectivity index (χ1) is 9.22. The number of anilines is 3. The molecule has 3 N–H and O–H groups in total. The summed E-state index contributed by atoms with van der Waals surface area (Å²) in [5, 5.41) is 3.92. The third-order valence-electron chi connectivity index (χ3n) is 2.85. The van der Waals surface area contributed by atoms with E-state index in [1.165, 1.54) is 6.07 Å². The second-order valence-electron chi connectivity index (χ2n) is 4.25. The Balaban J connectivity index is 1.98. The van der Waals surface area contributed by atoms with Gasteiger partial charge in [-0.3, -0.25) is 0 Å². The van der Waals surface area contributed by atoms with Gasteiger partial charge in [0.1, 0.15) is 11.6 Å². The lowest BCUT2D eigenvalue weighted by atomic mass is 10.2. The summed E-state index contributed by atoms with van der Waals surface area (Å²) in [4.78, 5) is 4.42. The number of nitrogens with one attached hydrogen (secondary N) is 1. The molecule has 3 rings (SSSR count). The number of fused-ring (bicyclic) bond motifs is 1. The van der Waals surface area contributed by atoms with E-state index >= 15 is 0 Å². The van der Waals surface area contributed by atoms with E-state index in [1.807, 2.05) is 18.2 Å². The molecule has 0 bridgehead atoms. The van der Waals surface area contributed by atoms with Gasteiger partial charge in [-0.2, -0.15) is 0 Å². The predicted molar refractivity (Wildman–Crippen MR) is 75.8 cm³/mol. The van der Waals surface area contributed by atoms with Crippen LogP contribution in [0.15, 0.2) is 54.6 Å². The zero-order valence-corrected chi connectivity index (χ0v) is 10.1. The highest BCUT2D eigenvalue weighted by atomic mass is 19.1. The molecule has 0 saturated heterocycles. The summed E-state index contributed by atoms with van der Waals surface area (Å²) in [7, 11) is 0. The van der Waals surface area contributed by atoms with Crippen LogP contribution in [0.2, 0.25) is 0 Å². The molecule has 19 heavy (non-hydrogen) atoms. The lowest BCUT2D eigenvalue weighted by Gasteiger charge is -2.07. The van der Waals surface area contributed by atoms with Crippen molar-refractivity contribution in [3.63, 3.8) is 0 Å². The summed E-state index contributed by atoms with van der Waals surface area (Å²) in [6.45, 7) is 0. The molecule has 0 spiro atoms. The molecule has 0 amide bonds. The molecule has 2 aromatic carbocycles. The van der Waals surface area contributed by atoms with Crippen LogP contribution in [0.4, 0.5) is 21.6 Å². The number of pyridine rings is 1. The zero-order chi connectivity index (χ0) is 13.2. The van der Waals surface area contributed by atoms with Gasteiger partial charge in [0.2, 0.25) is 0 Å². The Morgan fingerprint density at radius 3 is 2.68 bits per heavy atom. The largest absolute Gasteiger partial charge is 0.399 e. The topological polar surface area (TPSA) is 50.9 Å². The average Bonchev–Trinajstić information content (AvgIpc) is 2.41. The van der Waals surface area contributed by atoms with E-state index in [-0.39, 0.29) is 5.82 Å². The molecule has 0 unspecified atom stereocenters. The van der Waals surface area contributed by atoms with Gasteiger partial charge < -0.3 is 11.1 Å². The molecule has 1 aromatic heterocycles. The first kappa shape index (κ1) is 11.5. The van der Waals surface area contributed by atoms with E-state index in [1.54, 1.807) is 30.3 Å². The van der Waals surface area contributed by atoms with Gasteiger partial charge in [-0.05, 0) is 42.5 Å². The molecule has 3 aromatic rings. The molecule has 0 radical (unpaired) electrons. The predicted octanol–water partition coefficient (Wildman–Crippen LogP) is 3.70. The minimum atomic E-state index is -0.304. The third kappa shape index (κ3) is 2.33. The fourth-order valence-corrected chi connectivity index (χ4v) is 1.91. The van der Waals surface area contributed by atoms with Crippen LogP contribution in [0.3, 0.4) is 0 Å². The van der Waals surface area contributed by atoms with Crippen molar-refractivity contribution in [3.05, 3.63) is 60.4 Å². The molecule has 0 aliphatic carbocycles. The Morgan fingerprint density at radius 2 is 1.84 bits per heavy atom. The van der Waals surface area contributed by atoms with Gasteiger partial charge in [0.25, 0.3) is 0 Å². The summed E-state index contributed by atoms with van der Waals surface area (Å²) < 4.78 is 13.5. The molecule has 4 heteroatoms. The number of benzene rings is 2. The van der Waals surface area contributed by atoms with Crippen molar-refractivity contribution in [1.82, 2.24) is 4.98 Å². The fourth-order valence-electron chi connectivity index (χ4n) is 1.91. The van der Waals surface area contributed by atoms with Gasteiger partial charge in [0, 0.05) is 11.1 Å². The maximum atomic E-state index is 13.5. The molecule has 0 saturated carbocycles. The van der Waals surface area contributed by atoms with E-state index in [4.69, 9.17) is 5.73 Å². The molecule has 0 aliphatic heterocycles. The van der Waals surface area contributed by atoms with E-state index in [0.717, 1.165) is 10.9 Å². The SMILES string of the molecule is Nc1ccc2nc(Nc3ccccc3F)ccc2c1. The third-order valence-corrected chi connectivity index (χ3v) is 2.85. The normalized spacial score (nSPS) is 10.6. The Labute approximate surface area is 109 Å². The van der Waals surface area contributed by atoms with E-state index in [2.05, 4.69) is 10.3 Å². The summed E-state index contributed by atoms with van der Waals surface area (Å²) in [5.41, 5.74) is 7.63. The highest BCUT2D eigenvalue weighted by Gasteiger charge is 2.03. The van der Waals surface area contributed by atoms with Crippen LogP contribution in [0.5, 0.6) is 0 Å². The van der Waals surface area contributed by atoms with Gasteiger partial charge in [-0.15, -0.1) is 0 Å². The number of hydrogen-bond acceptors (Lipinski definition) is 3. The number of nitrogen functional groups attached to an aromatic ring is 1. The maximum Gasteiger partial charge on any atom is 0.146 e. The minimum absolute atomic E-state index is 0.304. The summed E-state index contributed by atoms with van der Waals surface area (Å²) in [6, 6.07) is 15.7. The van der Waals surface area contributed by atoms with Crippen LogP contribution in [-0.2, 0) is 0 Å². The highest BCUT2D eigenvalue weighted by molar-refractivity contribution is 5.83. The monoisotopic (exact) mass is 253 g/mol. The summed E-state index contributed by atoms with van der Waals surface area (Å²) in [5.74, 6) is 0.295. The quantitative estimate of drug-likeness (QED) is 0.685. The van der Waals surface area contributed by atoms with E-state index in [9.17, 15) is 4.39 Å². The molecule has 0 aliphatic rings. The molecule has 0 atom stereocenters. The van der Waals surface area contributed by atoms with Gasteiger partial charge >= 0.3 is 0 Å². The molecule has 1 heterocycles. The smallest absolute Gasteiger partial charge is 0.146 e. The summed E-state index contributed by atoms with van der Waals surface area (Å²) >= 11 is 0. The van der Waals surface area contributed by atoms with Crippen molar-refractivity contribution in [3.8, 4) is 0 Å². The number of para-hydroxylation sites is 1. The number of nitrogens with two attached hydrogens (primary N) is 1. The standard InChI is InChI=1S/C15H12FN3/c16-12-3-1-2-4-14(12)19-15-8-5-10-9-11(17)6-7-13(10)18-15/h1-9H,17H2,(H,18,19). The Bertz CT molecular complexity index is 740. The molecule has 94 valence electrons. The van der Waals surface area contributed by atoms with Crippen LogP contribution in [0.1, 0.15) is 0 Å². The van der Waals surface area contributed by atoms with Crippen molar-refractivity contribution >= 4 is 28.1 Å². The Morgan fingerprint density at radius 1 is 1.00 bits per heavy atom. The van der Waals surface area contributed by atoms with E-state index < -0.39 is 0 Å². The lowest BCUT2D eigenvalue weighted by Crippen LogP contribution is -1.96. The number of nitrogens with zero attached hydrogens (tertiary/aromatic N) is 1. The van der Waals surface area contributed by atoms with Crippen LogP contribution in [0.25, 0.3) is 10.9 Å². The minimum Gasteiger partial charge on any atom is -0.399 e. The highest BCUT2D eigenvalue weighted by Crippen LogP contribution is 2.22. The summed E-state index contributed by atoms with van der Waals surface area (Å²) in [6.07, 6.45) is 0. The zero-order valence-electron chi connectivity index (χ0n) is 10.1. The lowest BCUT2D eigenvalue weighted by molar-refractivity contribution is 0.632. The van der Waals surface area contributed by atoms with Crippen LogP contribution in [-0.4, -0.2) is 4.98 Å². The van der Waals surface area contributed by atoms with Crippen molar-refractivity contribution in [2.75, 3.05) is 11.1 Å². The van der Waals surface area contributed by atoms with Crippen LogP contribution in [0, 0.1) is 5.82 Å². The fraction of sp³-hybridized carbons (Fsp3) is 0. The van der Waals surface area contributed by atoms with Crippen LogP contribution >= 0.6 is 0 Å². The number of rotatable bonds is 2. The second-order valence-corrected chi connectivity index (χ2v) is 4.25. The molecular formula is C15H12FN3. The van der Waals surface area contributed by atoms with Crippen LogP contribution < -0.4 is 11.1 Å². The maximum absolute atomic E-state index is 13.5. The molecule has 0 fully saturated rings. The van der Waals surface area contributed by atoms with Crippen molar-refractivity contribution < 1.29 is 4.39 Å². The van der Waals surface area contributed by atoms with Gasteiger partial charge in [-0.25, -0.2) is 9.37 Å². The average molecular weight is 253 g/mol. The Kier molecular flexibility index (Phi) is 2.76. The number of halogens is 1.